The van der Waals surface area contributed by atoms with Crippen LogP contribution < -0.4 is 5.73 Å². The highest BCUT2D eigenvalue weighted by Gasteiger charge is 2.23. The third-order valence-corrected chi connectivity index (χ3v) is 2.22. The Bertz CT molecular complexity index is 292. The lowest BCUT2D eigenvalue weighted by Gasteiger charge is -2.12. The van der Waals surface area contributed by atoms with Crippen molar-refractivity contribution in [1.29, 1.82) is 0 Å². The molecule has 0 unspecified atom stereocenters. The second kappa shape index (κ2) is 5.41. The van der Waals surface area contributed by atoms with E-state index >= 15 is 0 Å². The molecule has 0 aromatic heterocycles. The van der Waals surface area contributed by atoms with Gasteiger partial charge in [-0.1, -0.05) is 0 Å². The van der Waals surface area contributed by atoms with Gasteiger partial charge in [-0.25, -0.2) is 0 Å². The third kappa shape index (κ3) is 3.28. The van der Waals surface area contributed by atoms with Crippen molar-refractivity contribution in [2.24, 2.45) is 0 Å². The van der Waals surface area contributed by atoms with Gasteiger partial charge in [0.1, 0.15) is 5.78 Å². The van der Waals surface area contributed by atoms with Crippen molar-refractivity contribution in [2.75, 3.05) is 13.1 Å². The van der Waals surface area contributed by atoms with E-state index in [1.165, 1.54) is 12.2 Å². The Morgan fingerprint density at radius 2 is 1.80 bits per heavy atom. The molecule has 82 valence electrons. The van der Waals surface area contributed by atoms with E-state index in [4.69, 9.17) is 0 Å². The van der Waals surface area contributed by atoms with Crippen LogP contribution in [0.3, 0.4) is 0 Å². The van der Waals surface area contributed by atoms with Crippen LogP contribution in [0, 0.1) is 0 Å². The van der Waals surface area contributed by atoms with E-state index in [0.717, 1.165) is 17.9 Å². The molecule has 15 heavy (non-hydrogen) atoms. The second-order valence-electron chi connectivity index (χ2n) is 3.41. The lowest BCUT2D eigenvalue weighted by atomic mass is 10.1. The summed E-state index contributed by atoms with van der Waals surface area (Å²) in [5.74, 6) is -0.582. The first-order valence-electron chi connectivity index (χ1n) is 4.99. The third-order valence-electron chi connectivity index (χ3n) is 2.22. The van der Waals surface area contributed by atoms with Crippen LogP contribution in [0.5, 0.6) is 0 Å². The van der Waals surface area contributed by atoms with Crippen LogP contribution in [-0.4, -0.2) is 35.6 Å². The van der Waals surface area contributed by atoms with Crippen molar-refractivity contribution in [3.05, 3.63) is 12.2 Å². The van der Waals surface area contributed by atoms with Crippen LogP contribution in [-0.2, 0) is 14.4 Å². The van der Waals surface area contributed by atoms with E-state index in [0.29, 0.717) is 6.42 Å². The summed E-state index contributed by atoms with van der Waals surface area (Å²) in [5.41, 5.74) is 3.64. The Balaban J connectivity index is 2.28. The molecule has 5 heteroatoms. The maximum atomic E-state index is 11.3. The number of hydrogen-bond donors (Lipinski definition) is 1. The maximum absolute atomic E-state index is 11.3. The lowest BCUT2D eigenvalue weighted by molar-refractivity contribution is -0.368. The highest BCUT2D eigenvalue weighted by atomic mass is 16.2. The molecule has 1 aliphatic rings. The molecule has 1 aliphatic heterocycles. The fourth-order valence-corrected chi connectivity index (χ4v) is 1.34. The van der Waals surface area contributed by atoms with Crippen LogP contribution in [0.1, 0.15) is 19.3 Å². The molecule has 0 aromatic rings. The molecule has 0 bridgehead atoms. The Labute approximate surface area is 87.9 Å². The standard InChI is InChI=1S/C10H14N2O3/c11-6-1-2-8(13)5-7-12-9(14)3-4-10(12)15/h3-4H,1-2,5-7,11H2/p+1. The van der Waals surface area contributed by atoms with Gasteiger partial charge in [0.05, 0.1) is 6.54 Å². The fraction of sp³-hybridized carbons (Fsp3) is 0.500. The van der Waals surface area contributed by atoms with E-state index < -0.39 is 0 Å². The minimum Gasteiger partial charge on any atom is -0.358 e. The quantitative estimate of drug-likeness (QED) is 0.566. The largest absolute Gasteiger partial charge is 0.358 e. The van der Waals surface area contributed by atoms with Crippen molar-refractivity contribution in [2.45, 2.75) is 19.3 Å². The summed E-state index contributed by atoms with van der Waals surface area (Å²) in [7, 11) is 0. The van der Waals surface area contributed by atoms with Crippen LogP contribution in [0.2, 0.25) is 0 Å². The summed E-state index contributed by atoms with van der Waals surface area (Å²) < 4.78 is 0. The van der Waals surface area contributed by atoms with Gasteiger partial charge in [0.15, 0.2) is 0 Å². The number of hydrogen-bond acceptors (Lipinski definition) is 3. The number of imide groups is 1. The fourth-order valence-electron chi connectivity index (χ4n) is 1.34. The highest BCUT2D eigenvalue weighted by Crippen LogP contribution is 2.05. The molecular weight excluding hydrogens is 196 g/mol. The zero-order valence-corrected chi connectivity index (χ0v) is 8.57. The van der Waals surface area contributed by atoms with Crippen LogP contribution in [0.25, 0.3) is 0 Å². The smallest absolute Gasteiger partial charge is 0.253 e. The molecule has 0 radical (unpaired) electrons. The molecule has 0 spiro atoms. The van der Waals surface area contributed by atoms with Crippen molar-refractivity contribution < 1.29 is 20.1 Å². The van der Waals surface area contributed by atoms with Gasteiger partial charge < -0.3 is 5.73 Å². The zero-order valence-electron chi connectivity index (χ0n) is 8.57. The first-order valence-corrected chi connectivity index (χ1v) is 4.99. The van der Waals surface area contributed by atoms with Gasteiger partial charge in [-0.15, -0.1) is 0 Å². The molecule has 0 saturated heterocycles. The normalized spacial score (nSPS) is 15.1. The van der Waals surface area contributed by atoms with E-state index in [2.05, 4.69) is 5.73 Å². The molecule has 0 fully saturated rings. The van der Waals surface area contributed by atoms with Gasteiger partial charge in [0.25, 0.3) is 11.8 Å². The average molecular weight is 211 g/mol. The first-order chi connectivity index (χ1) is 7.15. The minimum absolute atomic E-state index is 0.0751. The number of nitrogens with zero attached hydrogens (tertiary/aromatic N) is 1. The van der Waals surface area contributed by atoms with Crippen LogP contribution in [0.15, 0.2) is 12.2 Å². The summed E-state index contributed by atoms with van der Waals surface area (Å²) in [6, 6.07) is 0. The van der Waals surface area contributed by atoms with Gasteiger partial charge in [-0.3, -0.25) is 19.3 Å². The maximum Gasteiger partial charge on any atom is 0.253 e. The summed E-state index contributed by atoms with van der Waals surface area (Å²) in [4.78, 5) is 34.6. The number of amides is 2. The molecule has 2 amide bonds. The number of quaternary nitrogens is 1. The summed E-state index contributed by atoms with van der Waals surface area (Å²) in [5, 5.41) is 0. The number of ketones is 1. The Kier molecular flexibility index (Phi) is 4.17. The van der Waals surface area contributed by atoms with Gasteiger partial charge in [0.2, 0.25) is 0 Å². The molecule has 1 heterocycles. The number of carbonyl (C=O) groups is 3. The van der Waals surface area contributed by atoms with E-state index in [1.54, 1.807) is 0 Å². The van der Waals surface area contributed by atoms with Gasteiger partial charge in [-0.05, 0) is 0 Å². The SMILES string of the molecule is [NH3+]CCCC(=O)CCN1C(=O)C=CC1=O. The van der Waals surface area contributed by atoms with E-state index in [-0.39, 0.29) is 30.6 Å². The minimum atomic E-state index is -0.329. The van der Waals surface area contributed by atoms with Crippen LogP contribution in [0.4, 0.5) is 0 Å². The Morgan fingerprint density at radius 3 is 2.33 bits per heavy atom. The molecule has 1 rings (SSSR count). The molecule has 0 aliphatic carbocycles. The zero-order chi connectivity index (χ0) is 11.3. The predicted octanol–water partition coefficient (Wildman–Crippen LogP) is -1.11. The number of Topliss-reactive ketones (excluding diaryl/α,β-unsaturated/α-hetero) is 1. The predicted molar refractivity (Wildman–Crippen MR) is 52.5 cm³/mol. The first kappa shape index (κ1) is 11.6. The van der Waals surface area contributed by atoms with E-state index in [9.17, 15) is 14.4 Å². The summed E-state index contributed by atoms with van der Waals surface area (Å²) >= 11 is 0. The molecule has 5 nitrogen and oxygen atoms in total. The van der Waals surface area contributed by atoms with Gasteiger partial charge >= 0.3 is 0 Å². The van der Waals surface area contributed by atoms with Gasteiger partial charge in [-0.2, -0.15) is 0 Å². The second-order valence-corrected chi connectivity index (χ2v) is 3.41. The van der Waals surface area contributed by atoms with Crippen molar-refractivity contribution in [1.82, 2.24) is 4.90 Å². The van der Waals surface area contributed by atoms with E-state index in [1.807, 2.05) is 0 Å². The van der Waals surface area contributed by atoms with Crippen molar-refractivity contribution >= 4 is 17.6 Å². The number of rotatable bonds is 6. The Morgan fingerprint density at radius 1 is 1.20 bits per heavy atom. The summed E-state index contributed by atoms with van der Waals surface area (Å²) in [6.45, 7) is 0.926. The lowest BCUT2D eigenvalue weighted by Crippen LogP contribution is -2.50. The molecule has 3 N–H and O–H groups in total. The van der Waals surface area contributed by atoms with Crippen molar-refractivity contribution in [3.8, 4) is 0 Å². The van der Waals surface area contributed by atoms with Gasteiger partial charge in [0, 0.05) is 38.0 Å². The summed E-state index contributed by atoms with van der Waals surface area (Å²) in [6.07, 6.45) is 3.94. The average Bonchev–Trinajstić information content (AvgIpc) is 2.53. The number of carbonyl (C=O) groups excluding carboxylic acids is 3. The highest BCUT2D eigenvalue weighted by molar-refractivity contribution is 6.13. The molecular formula is C10H15N2O3+. The molecule has 0 aromatic carbocycles. The monoisotopic (exact) mass is 211 g/mol. The van der Waals surface area contributed by atoms with Crippen LogP contribution >= 0.6 is 0 Å². The molecule has 0 saturated carbocycles. The topological polar surface area (TPSA) is 82.1 Å². The molecule has 0 atom stereocenters. The Hall–Kier alpha value is -1.49. The van der Waals surface area contributed by atoms with Crippen molar-refractivity contribution in [3.63, 3.8) is 0 Å².